The van der Waals surface area contributed by atoms with Gasteiger partial charge in [0, 0.05) is 0 Å². The van der Waals surface area contributed by atoms with E-state index in [2.05, 4.69) is 0 Å². The standard InChI is InChI=1S/C17H20O4/c1-20-17(19)15(12-11-13-7-3-2-4-8-13)21-16(18)14-9-5-6-10-14/h2-4,7-8,11-12,14-15H,5-6,9-10H2,1H3/b12-11+/t15-/m1/s1. The fourth-order valence-corrected chi connectivity index (χ4v) is 2.43. The second kappa shape index (κ2) is 7.62. The maximum Gasteiger partial charge on any atom is 0.351 e. The zero-order valence-electron chi connectivity index (χ0n) is 12.2. The van der Waals surface area contributed by atoms with Crippen LogP contribution in [0, 0.1) is 5.92 Å². The van der Waals surface area contributed by atoms with Crippen LogP contribution in [0.3, 0.4) is 0 Å². The Bertz CT molecular complexity index is 501. The van der Waals surface area contributed by atoms with E-state index in [1.54, 1.807) is 12.2 Å². The summed E-state index contributed by atoms with van der Waals surface area (Å²) in [6, 6.07) is 9.53. The molecule has 1 fully saturated rings. The molecule has 4 heteroatoms. The third-order valence-electron chi connectivity index (χ3n) is 3.63. The quantitative estimate of drug-likeness (QED) is 0.782. The van der Waals surface area contributed by atoms with Crippen LogP contribution in [-0.4, -0.2) is 25.2 Å². The van der Waals surface area contributed by atoms with Gasteiger partial charge in [0.1, 0.15) is 0 Å². The lowest BCUT2D eigenvalue weighted by Gasteiger charge is -2.15. The molecule has 0 N–H and O–H groups in total. The molecule has 0 heterocycles. The lowest BCUT2D eigenvalue weighted by Crippen LogP contribution is -2.29. The number of methoxy groups -OCH3 is 1. The summed E-state index contributed by atoms with van der Waals surface area (Å²) in [6.45, 7) is 0. The normalized spacial score (nSPS) is 16.8. The first kappa shape index (κ1) is 15.3. The van der Waals surface area contributed by atoms with Crippen LogP contribution in [0.25, 0.3) is 6.08 Å². The van der Waals surface area contributed by atoms with Crippen LogP contribution in [-0.2, 0) is 19.1 Å². The topological polar surface area (TPSA) is 52.6 Å². The highest BCUT2D eigenvalue weighted by Gasteiger charge is 2.28. The minimum atomic E-state index is -0.983. The molecule has 0 spiro atoms. The smallest absolute Gasteiger partial charge is 0.351 e. The number of hydrogen-bond donors (Lipinski definition) is 0. The third-order valence-corrected chi connectivity index (χ3v) is 3.63. The Labute approximate surface area is 124 Å². The molecule has 0 bridgehead atoms. The number of carbonyl (C=O) groups excluding carboxylic acids is 2. The molecule has 4 nitrogen and oxygen atoms in total. The molecule has 1 aromatic carbocycles. The Kier molecular flexibility index (Phi) is 5.55. The minimum Gasteiger partial charge on any atom is -0.466 e. The fourth-order valence-electron chi connectivity index (χ4n) is 2.43. The van der Waals surface area contributed by atoms with Gasteiger partial charge >= 0.3 is 11.9 Å². The number of ether oxygens (including phenoxy) is 2. The predicted octanol–water partition coefficient (Wildman–Crippen LogP) is 2.97. The Morgan fingerprint density at radius 3 is 2.48 bits per heavy atom. The van der Waals surface area contributed by atoms with E-state index in [1.165, 1.54) is 7.11 Å². The van der Waals surface area contributed by atoms with Crippen LogP contribution in [0.4, 0.5) is 0 Å². The summed E-state index contributed by atoms with van der Waals surface area (Å²) in [5.41, 5.74) is 0.934. The summed E-state index contributed by atoms with van der Waals surface area (Å²) >= 11 is 0. The molecule has 2 rings (SSSR count). The molecule has 1 aromatic rings. The Morgan fingerprint density at radius 1 is 1.19 bits per heavy atom. The van der Waals surface area contributed by atoms with Crippen LogP contribution in [0.15, 0.2) is 36.4 Å². The van der Waals surface area contributed by atoms with Gasteiger partial charge in [0.05, 0.1) is 13.0 Å². The zero-order chi connectivity index (χ0) is 15.1. The van der Waals surface area contributed by atoms with Crippen molar-refractivity contribution < 1.29 is 19.1 Å². The zero-order valence-corrected chi connectivity index (χ0v) is 12.2. The van der Waals surface area contributed by atoms with Crippen molar-refractivity contribution in [2.24, 2.45) is 5.92 Å². The van der Waals surface area contributed by atoms with Crippen LogP contribution >= 0.6 is 0 Å². The Morgan fingerprint density at radius 2 is 1.86 bits per heavy atom. The molecule has 1 aliphatic carbocycles. The average molecular weight is 288 g/mol. The molecule has 21 heavy (non-hydrogen) atoms. The lowest BCUT2D eigenvalue weighted by atomic mass is 10.1. The van der Waals surface area contributed by atoms with Gasteiger partial charge in [-0.1, -0.05) is 49.2 Å². The van der Waals surface area contributed by atoms with Crippen molar-refractivity contribution in [3.05, 3.63) is 42.0 Å². The van der Waals surface area contributed by atoms with Gasteiger partial charge in [-0.15, -0.1) is 0 Å². The molecule has 1 atom stereocenters. The van der Waals surface area contributed by atoms with Crippen molar-refractivity contribution >= 4 is 18.0 Å². The van der Waals surface area contributed by atoms with E-state index in [9.17, 15) is 9.59 Å². The van der Waals surface area contributed by atoms with Gasteiger partial charge in [-0.2, -0.15) is 0 Å². The summed E-state index contributed by atoms with van der Waals surface area (Å²) < 4.78 is 10.0. The van der Waals surface area contributed by atoms with Crippen LogP contribution < -0.4 is 0 Å². The predicted molar refractivity (Wildman–Crippen MR) is 79.3 cm³/mol. The van der Waals surface area contributed by atoms with Gasteiger partial charge in [-0.05, 0) is 24.5 Å². The second-order valence-corrected chi connectivity index (χ2v) is 5.13. The van der Waals surface area contributed by atoms with Gasteiger partial charge in [0.25, 0.3) is 0 Å². The number of rotatable bonds is 5. The molecule has 112 valence electrons. The number of carbonyl (C=O) groups is 2. The summed E-state index contributed by atoms with van der Waals surface area (Å²) in [7, 11) is 1.29. The van der Waals surface area contributed by atoms with E-state index >= 15 is 0 Å². The highest BCUT2D eigenvalue weighted by molar-refractivity contribution is 5.83. The number of esters is 2. The summed E-state index contributed by atoms with van der Waals surface area (Å²) in [5, 5.41) is 0. The van der Waals surface area contributed by atoms with Crippen molar-refractivity contribution in [1.82, 2.24) is 0 Å². The van der Waals surface area contributed by atoms with E-state index in [4.69, 9.17) is 9.47 Å². The van der Waals surface area contributed by atoms with Crippen molar-refractivity contribution in [1.29, 1.82) is 0 Å². The van der Waals surface area contributed by atoms with E-state index in [-0.39, 0.29) is 11.9 Å². The maximum atomic E-state index is 12.0. The van der Waals surface area contributed by atoms with E-state index in [0.29, 0.717) is 0 Å². The Balaban J connectivity index is 2.02. The number of hydrogen-bond acceptors (Lipinski definition) is 4. The van der Waals surface area contributed by atoms with Crippen molar-refractivity contribution in [2.75, 3.05) is 7.11 Å². The summed E-state index contributed by atoms with van der Waals surface area (Å²) in [5.74, 6) is -0.948. The monoisotopic (exact) mass is 288 g/mol. The molecule has 0 unspecified atom stereocenters. The van der Waals surface area contributed by atoms with Gasteiger partial charge in [0.2, 0.25) is 6.10 Å². The molecule has 0 radical (unpaired) electrons. The van der Waals surface area contributed by atoms with E-state index < -0.39 is 12.1 Å². The SMILES string of the molecule is COC(=O)[C@@H](/C=C/c1ccccc1)OC(=O)C1CCCC1. The van der Waals surface area contributed by atoms with Crippen molar-refractivity contribution in [3.63, 3.8) is 0 Å². The fraction of sp³-hybridized carbons (Fsp3) is 0.412. The molecule has 0 saturated heterocycles. The molecular formula is C17H20O4. The highest BCUT2D eigenvalue weighted by Crippen LogP contribution is 2.26. The minimum absolute atomic E-state index is 0.0812. The van der Waals surface area contributed by atoms with Gasteiger partial charge in [0.15, 0.2) is 0 Å². The van der Waals surface area contributed by atoms with Gasteiger partial charge in [-0.3, -0.25) is 4.79 Å². The van der Waals surface area contributed by atoms with Crippen molar-refractivity contribution in [3.8, 4) is 0 Å². The average Bonchev–Trinajstić information content (AvgIpc) is 3.06. The van der Waals surface area contributed by atoms with Crippen LogP contribution in [0.1, 0.15) is 31.2 Å². The first-order chi connectivity index (χ1) is 10.2. The summed E-state index contributed by atoms with van der Waals surface area (Å²) in [4.78, 5) is 23.8. The van der Waals surface area contributed by atoms with Gasteiger partial charge in [-0.25, -0.2) is 4.79 Å². The number of benzene rings is 1. The first-order valence-electron chi connectivity index (χ1n) is 7.22. The largest absolute Gasteiger partial charge is 0.466 e. The molecule has 1 saturated carbocycles. The first-order valence-corrected chi connectivity index (χ1v) is 7.22. The van der Waals surface area contributed by atoms with Gasteiger partial charge < -0.3 is 9.47 Å². The highest BCUT2D eigenvalue weighted by atomic mass is 16.6. The van der Waals surface area contributed by atoms with E-state index in [0.717, 1.165) is 31.2 Å². The van der Waals surface area contributed by atoms with Crippen LogP contribution in [0.2, 0.25) is 0 Å². The van der Waals surface area contributed by atoms with E-state index in [1.807, 2.05) is 30.3 Å². The lowest BCUT2D eigenvalue weighted by molar-refractivity contribution is -0.165. The maximum absolute atomic E-state index is 12.0. The molecule has 0 amide bonds. The molecule has 0 aliphatic heterocycles. The molecular weight excluding hydrogens is 268 g/mol. The third kappa shape index (κ3) is 4.45. The molecule has 0 aromatic heterocycles. The van der Waals surface area contributed by atoms with Crippen LogP contribution in [0.5, 0.6) is 0 Å². The Hall–Kier alpha value is -2.10. The summed E-state index contributed by atoms with van der Waals surface area (Å²) in [6.07, 6.45) is 6.11. The second-order valence-electron chi connectivity index (χ2n) is 5.13. The molecule has 1 aliphatic rings. The van der Waals surface area contributed by atoms with Crippen molar-refractivity contribution in [2.45, 2.75) is 31.8 Å².